The number of amides is 1. The van der Waals surface area contributed by atoms with Crippen molar-refractivity contribution in [2.45, 2.75) is 31.7 Å². The Morgan fingerprint density at radius 3 is 2.30 bits per heavy atom. The normalized spacial score (nSPS) is 14.5. The molecule has 1 saturated heterocycles. The van der Waals surface area contributed by atoms with Crippen molar-refractivity contribution in [1.29, 1.82) is 0 Å². The summed E-state index contributed by atoms with van der Waals surface area (Å²) in [6.07, 6.45) is 3.59. The van der Waals surface area contributed by atoms with Crippen molar-refractivity contribution >= 4 is 17.6 Å². The Hall–Kier alpha value is -3.80. The van der Waals surface area contributed by atoms with Gasteiger partial charge in [0.2, 0.25) is 5.91 Å². The molecular formula is C27H28N2O4. The highest BCUT2D eigenvalue weighted by Crippen LogP contribution is 2.32. The lowest BCUT2D eigenvalue weighted by atomic mass is 9.95. The molecule has 3 aromatic rings. The molecule has 170 valence electrons. The van der Waals surface area contributed by atoms with Crippen molar-refractivity contribution < 1.29 is 19.8 Å². The number of benzene rings is 3. The summed E-state index contributed by atoms with van der Waals surface area (Å²) in [5, 5.41) is 22.2. The molecule has 0 bridgehead atoms. The molecule has 1 unspecified atom stereocenters. The lowest BCUT2D eigenvalue weighted by molar-refractivity contribution is -0.120. The number of piperidine rings is 1. The first-order valence-electron chi connectivity index (χ1n) is 11.3. The number of aromatic hydroxyl groups is 1. The molecule has 3 aromatic carbocycles. The number of rotatable bonds is 7. The van der Waals surface area contributed by atoms with Gasteiger partial charge in [0.15, 0.2) is 0 Å². The van der Waals surface area contributed by atoms with Crippen LogP contribution in [0.4, 0.5) is 5.69 Å². The number of aromatic carboxylic acids is 1. The molecule has 1 fully saturated rings. The van der Waals surface area contributed by atoms with Gasteiger partial charge < -0.3 is 20.4 Å². The Labute approximate surface area is 193 Å². The third-order valence-corrected chi connectivity index (χ3v) is 6.04. The number of anilines is 1. The van der Waals surface area contributed by atoms with Gasteiger partial charge in [0.1, 0.15) is 11.3 Å². The largest absolute Gasteiger partial charge is 0.507 e. The van der Waals surface area contributed by atoms with Gasteiger partial charge >= 0.3 is 5.97 Å². The molecule has 0 saturated carbocycles. The van der Waals surface area contributed by atoms with E-state index in [2.05, 4.69) is 22.3 Å². The zero-order valence-electron chi connectivity index (χ0n) is 18.4. The van der Waals surface area contributed by atoms with Crippen molar-refractivity contribution in [2.75, 3.05) is 18.0 Å². The van der Waals surface area contributed by atoms with E-state index in [9.17, 15) is 14.7 Å². The van der Waals surface area contributed by atoms with E-state index in [1.165, 1.54) is 18.6 Å². The van der Waals surface area contributed by atoms with Crippen molar-refractivity contribution in [1.82, 2.24) is 5.32 Å². The number of para-hydroxylation sites is 1. The fourth-order valence-electron chi connectivity index (χ4n) is 4.41. The van der Waals surface area contributed by atoms with E-state index < -0.39 is 5.97 Å². The van der Waals surface area contributed by atoms with Crippen LogP contribution in [0.25, 0.3) is 0 Å². The Bertz CT molecular complexity index is 1120. The first-order valence-corrected chi connectivity index (χ1v) is 11.3. The molecule has 1 aliphatic heterocycles. The van der Waals surface area contributed by atoms with Crippen molar-refractivity contribution in [2.24, 2.45) is 0 Å². The van der Waals surface area contributed by atoms with Crippen LogP contribution in [0.15, 0.2) is 72.8 Å². The molecule has 1 amide bonds. The molecule has 3 N–H and O–H groups in total. The molecule has 1 atom stereocenters. The average Bonchev–Trinajstić information content (AvgIpc) is 2.83. The first kappa shape index (κ1) is 22.4. The van der Waals surface area contributed by atoms with Crippen molar-refractivity contribution in [3.63, 3.8) is 0 Å². The number of phenols is 1. The lowest BCUT2D eigenvalue weighted by Gasteiger charge is -2.33. The summed E-state index contributed by atoms with van der Waals surface area (Å²) in [6.45, 7) is 2.00. The van der Waals surface area contributed by atoms with Gasteiger partial charge in [-0.15, -0.1) is 0 Å². The molecule has 33 heavy (non-hydrogen) atoms. The maximum atomic E-state index is 13.1. The molecule has 4 rings (SSSR count). The van der Waals surface area contributed by atoms with Crippen LogP contribution in [0.2, 0.25) is 0 Å². The van der Waals surface area contributed by atoms with Crippen molar-refractivity contribution in [3.8, 4) is 5.75 Å². The van der Waals surface area contributed by atoms with Crippen LogP contribution in [-0.2, 0) is 11.2 Å². The second kappa shape index (κ2) is 10.2. The molecule has 0 radical (unpaired) electrons. The minimum atomic E-state index is -1.21. The number of hydrogen-bond donors (Lipinski definition) is 3. The Morgan fingerprint density at radius 2 is 1.61 bits per heavy atom. The molecule has 6 heteroatoms. The Balaban J connectivity index is 1.61. The number of nitrogens with one attached hydrogen (secondary N) is 1. The van der Waals surface area contributed by atoms with Crippen molar-refractivity contribution in [3.05, 3.63) is 95.1 Å². The van der Waals surface area contributed by atoms with Gasteiger partial charge in [-0.2, -0.15) is 0 Å². The zero-order chi connectivity index (χ0) is 23.2. The summed E-state index contributed by atoms with van der Waals surface area (Å²) in [5.41, 5.74) is 3.53. The third-order valence-electron chi connectivity index (χ3n) is 6.04. The van der Waals surface area contributed by atoms with E-state index in [0.29, 0.717) is 5.56 Å². The van der Waals surface area contributed by atoms with Gasteiger partial charge in [-0.25, -0.2) is 4.79 Å². The molecule has 1 aliphatic rings. The summed E-state index contributed by atoms with van der Waals surface area (Å²) in [6, 6.07) is 22.0. The van der Waals surface area contributed by atoms with Gasteiger partial charge in [-0.1, -0.05) is 54.6 Å². The van der Waals surface area contributed by atoms with E-state index in [1.54, 1.807) is 6.07 Å². The fraction of sp³-hybridized carbons (Fsp3) is 0.259. The SMILES string of the molecule is O=C(Cc1ccc(C(=O)O)c(O)c1)NC(c1ccccc1)c1ccccc1N1CCCCC1. The van der Waals surface area contributed by atoms with E-state index in [4.69, 9.17) is 5.11 Å². The van der Waals surface area contributed by atoms with Crippen LogP contribution in [0.5, 0.6) is 5.75 Å². The first-order chi connectivity index (χ1) is 16.0. The van der Waals surface area contributed by atoms with E-state index in [-0.39, 0.29) is 29.7 Å². The monoisotopic (exact) mass is 444 g/mol. The number of carboxylic acids is 1. The third kappa shape index (κ3) is 5.34. The fourth-order valence-corrected chi connectivity index (χ4v) is 4.41. The van der Waals surface area contributed by atoms with Crippen LogP contribution in [0.3, 0.4) is 0 Å². The highest BCUT2D eigenvalue weighted by molar-refractivity contribution is 5.91. The second-order valence-corrected chi connectivity index (χ2v) is 8.35. The Kier molecular flexibility index (Phi) is 6.93. The maximum absolute atomic E-state index is 13.1. The molecule has 0 aromatic heterocycles. The number of nitrogens with zero attached hydrogens (tertiary/aromatic N) is 1. The average molecular weight is 445 g/mol. The van der Waals surface area contributed by atoms with Crippen LogP contribution in [-0.4, -0.2) is 35.2 Å². The molecule has 1 heterocycles. The quantitative estimate of drug-likeness (QED) is 0.498. The van der Waals surface area contributed by atoms with Gasteiger partial charge in [0.05, 0.1) is 12.5 Å². The molecule has 0 aliphatic carbocycles. The van der Waals surface area contributed by atoms with Gasteiger partial charge in [0.25, 0.3) is 0 Å². The van der Waals surface area contributed by atoms with E-state index >= 15 is 0 Å². The number of carboxylic acid groups (broad SMARTS) is 1. The van der Waals surface area contributed by atoms with Gasteiger partial charge in [0, 0.05) is 24.3 Å². The molecule has 6 nitrogen and oxygen atoms in total. The van der Waals surface area contributed by atoms with Crippen LogP contribution in [0.1, 0.15) is 52.4 Å². The molecule has 0 spiro atoms. The standard InChI is InChI=1S/C27H28N2O4/c30-24-17-19(13-14-22(24)27(32)33)18-25(31)28-26(20-9-3-1-4-10-20)21-11-5-6-12-23(21)29-15-7-2-8-16-29/h1,3-6,9-14,17,26,30H,2,7-8,15-16,18H2,(H,28,31)(H,32,33). The van der Waals surface area contributed by atoms with E-state index in [1.807, 2.05) is 42.5 Å². The van der Waals surface area contributed by atoms with Crippen LogP contribution >= 0.6 is 0 Å². The lowest BCUT2D eigenvalue weighted by Crippen LogP contribution is -2.34. The minimum absolute atomic E-state index is 0.0304. The van der Waals surface area contributed by atoms with Gasteiger partial charge in [-0.05, 0) is 48.6 Å². The predicted octanol–water partition coefficient (Wildman–Crippen LogP) is 4.53. The summed E-state index contributed by atoms with van der Waals surface area (Å²) in [7, 11) is 0. The van der Waals surface area contributed by atoms with Gasteiger partial charge in [-0.3, -0.25) is 4.79 Å². The minimum Gasteiger partial charge on any atom is -0.507 e. The smallest absolute Gasteiger partial charge is 0.339 e. The highest BCUT2D eigenvalue weighted by atomic mass is 16.4. The van der Waals surface area contributed by atoms with Crippen LogP contribution in [0, 0.1) is 0 Å². The van der Waals surface area contributed by atoms with E-state index in [0.717, 1.165) is 42.7 Å². The summed E-state index contributed by atoms with van der Waals surface area (Å²) < 4.78 is 0. The second-order valence-electron chi connectivity index (χ2n) is 8.35. The topological polar surface area (TPSA) is 89.9 Å². The molecular weight excluding hydrogens is 416 g/mol. The summed E-state index contributed by atoms with van der Waals surface area (Å²) >= 11 is 0. The van der Waals surface area contributed by atoms with Crippen LogP contribution < -0.4 is 10.2 Å². The highest BCUT2D eigenvalue weighted by Gasteiger charge is 2.23. The number of carbonyl (C=O) groups is 2. The Morgan fingerprint density at radius 1 is 0.909 bits per heavy atom. The predicted molar refractivity (Wildman–Crippen MR) is 128 cm³/mol. The zero-order valence-corrected chi connectivity index (χ0v) is 18.4. The number of hydrogen-bond acceptors (Lipinski definition) is 4. The summed E-state index contributed by atoms with van der Waals surface area (Å²) in [5.74, 6) is -1.76. The number of carbonyl (C=O) groups excluding carboxylic acids is 1. The maximum Gasteiger partial charge on any atom is 0.339 e. The summed E-state index contributed by atoms with van der Waals surface area (Å²) in [4.78, 5) is 26.6.